The van der Waals surface area contributed by atoms with Crippen molar-refractivity contribution in [2.75, 3.05) is 0 Å². The molecule has 1 aromatic heterocycles. The van der Waals surface area contributed by atoms with E-state index < -0.39 is 29.2 Å². The van der Waals surface area contributed by atoms with E-state index in [0.717, 1.165) is 84.1 Å². The third-order valence-corrected chi connectivity index (χ3v) is 20.0. The highest BCUT2D eigenvalue weighted by atomic mass is 79.9. The Morgan fingerprint density at radius 2 is 0.785 bits per heavy atom. The van der Waals surface area contributed by atoms with Crippen molar-refractivity contribution in [3.05, 3.63) is 377 Å². The number of quaternary nitrogens is 1. The normalized spacial score (nSPS) is 11.9. The summed E-state index contributed by atoms with van der Waals surface area (Å²) in [5.41, 5.74) is 16.4. The first kappa shape index (κ1) is 97.7. The van der Waals surface area contributed by atoms with Gasteiger partial charge in [-0.25, -0.2) is 33.0 Å². The Bertz CT molecular complexity index is 5000. The lowest BCUT2D eigenvalue weighted by Gasteiger charge is -2.22. The zero-order valence-corrected chi connectivity index (χ0v) is 73.5. The van der Waals surface area contributed by atoms with E-state index in [2.05, 4.69) is 102 Å². The van der Waals surface area contributed by atoms with Gasteiger partial charge in [0.1, 0.15) is 80.5 Å². The van der Waals surface area contributed by atoms with E-state index in [1.54, 1.807) is 33.8 Å². The summed E-state index contributed by atoms with van der Waals surface area (Å²) in [5, 5.41) is 7.54. The van der Waals surface area contributed by atoms with Crippen LogP contribution in [0.25, 0.3) is 0 Å². The van der Waals surface area contributed by atoms with Crippen molar-refractivity contribution in [3.8, 4) is 28.7 Å². The summed E-state index contributed by atoms with van der Waals surface area (Å²) in [6.07, 6.45) is 2.12. The maximum Gasteiger partial charge on any atom is 0.408 e. The highest BCUT2D eigenvalue weighted by molar-refractivity contribution is 9.08. The lowest BCUT2D eigenvalue weighted by atomic mass is 10.1. The van der Waals surface area contributed by atoms with E-state index in [1.807, 2.05) is 290 Å². The number of aromatic nitrogens is 3. The Labute approximate surface area is 728 Å². The maximum atomic E-state index is 12.5. The highest BCUT2D eigenvalue weighted by Crippen LogP contribution is 2.24. The van der Waals surface area contributed by atoms with Gasteiger partial charge in [0.15, 0.2) is 11.6 Å². The summed E-state index contributed by atoms with van der Waals surface area (Å²) in [7, 11) is -1.08. The van der Waals surface area contributed by atoms with Crippen molar-refractivity contribution in [1.82, 2.24) is 24.8 Å². The fourth-order valence-electron chi connectivity index (χ4n) is 10.7. The number of rotatable bonds is 31. The summed E-state index contributed by atoms with van der Waals surface area (Å²) in [6, 6.07) is 95.8. The molecule has 1 heterocycles. The van der Waals surface area contributed by atoms with Crippen LogP contribution in [0.2, 0.25) is 0 Å². The predicted molar refractivity (Wildman–Crippen MR) is 476 cm³/mol. The molecule has 121 heavy (non-hydrogen) atoms. The van der Waals surface area contributed by atoms with Gasteiger partial charge in [0.2, 0.25) is 12.2 Å². The predicted octanol–water partition coefficient (Wildman–Crippen LogP) is 17.5. The lowest BCUT2D eigenvalue weighted by Crippen LogP contribution is -3.00. The number of aliphatic imine (C=N–C) groups is 1. The van der Waals surface area contributed by atoms with Crippen LogP contribution in [-0.4, -0.2) is 65.6 Å². The second kappa shape index (κ2) is 53.4. The molecule has 11 aromatic carbocycles. The van der Waals surface area contributed by atoms with Gasteiger partial charge in [-0.15, -0.1) is 0 Å². The molecular weight excluding hydrogens is 1630 g/mol. The van der Waals surface area contributed by atoms with E-state index in [9.17, 15) is 28.2 Å². The van der Waals surface area contributed by atoms with Crippen LogP contribution in [0.5, 0.6) is 28.7 Å². The zero-order valence-electron chi connectivity index (χ0n) is 70.3. The quantitative estimate of drug-likeness (QED) is 0.0120. The molecule has 0 bridgehead atoms. The van der Waals surface area contributed by atoms with E-state index >= 15 is 0 Å². The van der Waals surface area contributed by atoms with Crippen LogP contribution >= 0.6 is 15.9 Å². The number of isocyanates is 1. The number of benzene rings is 11. The molecule has 6 atom stereocenters. The molecule has 0 aliphatic heterocycles. The van der Waals surface area contributed by atoms with Crippen LogP contribution in [0.4, 0.5) is 4.79 Å². The smallest absolute Gasteiger partial charge is 0.408 e. The first-order valence-electron chi connectivity index (χ1n) is 39.4. The molecule has 12 aromatic rings. The highest BCUT2D eigenvalue weighted by Gasteiger charge is 2.28. The molecule has 5 N–H and O–H groups in total. The lowest BCUT2D eigenvalue weighted by molar-refractivity contribution is -0.420. The number of carbonyl (C=O) groups excluding carboxylic acids is 5. The minimum absolute atomic E-state index is 0. The summed E-state index contributed by atoms with van der Waals surface area (Å²) in [5.74, 6) is 3.83. The number of alkyl halides is 1. The third kappa shape index (κ3) is 37.8. The standard InChI is InChI=1S/C24H28N4O5.C19H25NO2S.C16H15NO2.C15H17NO.C15H14O2.C9H9BrO.ClH/c1-17(2)32-23(29)22(13-28-16-25-15-26-28)33-24(30)27-18(3)20-11-9-19(10-12-20)14-31-21-7-5-4-6-8-21;1-15(20-23(21)19(2,3)4)17-12-10-16(11-13-17)14-22-18-8-6-5-7-9-18;1-13(17-12-18)15-9-7-14(8-10-15)11-19-16-5-3-2-4-6-16;2*1-12(16)14-9-7-13(8-10-14)11-17-15-5-3-2-4-6-15;1-7(11)9-4-2-8(6-10)3-5-9;/h4-12,15-18,22H,13-14H2,1-3H3,(H,27,30);5-13,15,20H,14H2,1-4H3;2-10,13H,11H2,1H3;2-10,12H,11,16H2,1H3;2-10H,11H2,1H3;2-5H,6H2,1H3;1H/t18-,22+;15-,23-;13-;12-;;;/m0000.../s1. The van der Waals surface area contributed by atoms with Crippen molar-refractivity contribution in [2.45, 2.75) is 162 Å². The van der Waals surface area contributed by atoms with Gasteiger partial charge in [-0.1, -0.05) is 253 Å². The fourth-order valence-corrected chi connectivity index (χ4v) is 11.9. The number of hydrogen-bond donors (Lipinski definition) is 3. The van der Waals surface area contributed by atoms with Crippen molar-refractivity contribution in [3.63, 3.8) is 0 Å². The number of nitrogens with zero attached hydrogens (tertiary/aromatic N) is 4. The summed E-state index contributed by atoms with van der Waals surface area (Å²) >= 11 is 3.33. The van der Waals surface area contributed by atoms with Crippen LogP contribution in [0.1, 0.15) is 177 Å². The van der Waals surface area contributed by atoms with E-state index in [4.69, 9.17) is 33.2 Å². The number of esters is 1. The van der Waals surface area contributed by atoms with E-state index in [1.165, 1.54) is 34.0 Å². The average Bonchev–Trinajstić information content (AvgIpc) is 1.66. The van der Waals surface area contributed by atoms with E-state index in [0.29, 0.717) is 39.1 Å². The zero-order chi connectivity index (χ0) is 86.4. The molecular formula is C98H109BrClN7O13S. The molecule has 1 amide bonds. The topological polar surface area (TPSA) is 262 Å². The Morgan fingerprint density at radius 3 is 1.08 bits per heavy atom. The van der Waals surface area contributed by atoms with Gasteiger partial charge in [0.25, 0.3) is 0 Å². The number of ketones is 2. The van der Waals surface area contributed by atoms with Gasteiger partial charge in [-0.05, 0) is 187 Å². The SMILES string of the molecule is CC(=O)c1ccc(CBr)cc1.CC(=O)c1ccc(COc2ccccc2)cc1.CC(C)OC(=O)[C@@H](Cn1cncn1)OC(=O)N[C@@H](C)c1ccc(COc2ccccc2)cc1.C[C@H](N=C=O)c1ccc(COc2ccccc2)cc1.C[C@H](N[S@@](=O)C(C)(C)C)c1ccc(COc2ccccc2)cc1.C[C@H]([NH3+])c1ccc(COc2ccccc2)cc1.[Cl-]. The number of ether oxygens (including phenoxy) is 7. The molecule has 0 saturated carbocycles. The van der Waals surface area contributed by atoms with Crippen LogP contribution in [-0.2, 0) is 75.0 Å². The number of nitrogens with one attached hydrogen (secondary N) is 2. The number of Topliss-reactive ketones (excluding diaryl/α,β-unsaturated/α-hetero) is 2. The van der Waals surface area contributed by atoms with Gasteiger partial charge in [-0.3, -0.25) is 9.59 Å². The average molecular weight is 1740 g/mol. The second-order valence-corrected chi connectivity index (χ2v) is 31.6. The second-order valence-electron chi connectivity index (χ2n) is 29.0. The van der Waals surface area contributed by atoms with Crippen LogP contribution in [0.15, 0.2) is 315 Å². The molecule has 0 aliphatic rings. The third-order valence-electron chi connectivity index (χ3n) is 17.7. The molecule has 0 spiro atoms. The number of hydrogen-bond acceptors (Lipinski definition) is 16. The molecule has 0 unspecified atom stereocenters. The minimum atomic E-state index is -1.15. The summed E-state index contributed by atoms with van der Waals surface area (Å²) in [6.45, 7) is 22.9. The molecule has 12 rings (SSSR count). The molecule has 23 heteroatoms. The largest absolute Gasteiger partial charge is 1.00 e. The van der Waals surface area contributed by atoms with Crippen molar-refractivity contribution in [2.24, 2.45) is 4.99 Å². The number of carbonyl (C=O) groups is 4. The summed E-state index contributed by atoms with van der Waals surface area (Å²) in [4.78, 5) is 64.5. The molecule has 20 nitrogen and oxygen atoms in total. The van der Waals surface area contributed by atoms with Crippen molar-refractivity contribution >= 4 is 56.6 Å². The Kier molecular flexibility index (Phi) is 43.1. The van der Waals surface area contributed by atoms with Gasteiger partial charge in [0, 0.05) is 28.1 Å². The van der Waals surface area contributed by atoms with E-state index in [-0.39, 0.29) is 59.5 Å². The Hall–Kier alpha value is -12.1. The molecule has 634 valence electrons. The first-order valence-corrected chi connectivity index (χ1v) is 41.7. The van der Waals surface area contributed by atoms with Crippen LogP contribution in [0, 0.1) is 0 Å². The maximum absolute atomic E-state index is 12.5. The fraction of sp³-hybridized carbons (Fsp3) is 0.255. The molecule has 0 fully saturated rings. The molecule has 0 saturated heterocycles. The monoisotopic (exact) mass is 1740 g/mol. The van der Waals surface area contributed by atoms with Crippen molar-refractivity contribution in [1.29, 1.82) is 0 Å². The van der Waals surface area contributed by atoms with Crippen LogP contribution < -0.4 is 51.9 Å². The number of amides is 1. The Morgan fingerprint density at radius 1 is 0.463 bits per heavy atom. The Balaban J connectivity index is 0.000000231. The summed E-state index contributed by atoms with van der Waals surface area (Å²) < 4.78 is 55.4. The van der Waals surface area contributed by atoms with Gasteiger partial charge >= 0.3 is 12.1 Å². The number of halogens is 2. The van der Waals surface area contributed by atoms with Crippen molar-refractivity contribution < 1.29 is 79.5 Å². The number of alkyl carbamates (subject to hydrolysis) is 1. The van der Waals surface area contributed by atoms with Gasteiger partial charge in [0.05, 0.1) is 40.5 Å². The van der Waals surface area contributed by atoms with Gasteiger partial charge < -0.3 is 56.6 Å². The molecule has 0 aliphatic carbocycles. The van der Waals surface area contributed by atoms with Crippen LogP contribution in [0.3, 0.4) is 0 Å². The first-order chi connectivity index (χ1) is 57.8. The number of para-hydroxylation sites is 5. The molecule has 0 radical (unpaired) electrons. The minimum Gasteiger partial charge on any atom is -1.00 e. The van der Waals surface area contributed by atoms with Gasteiger partial charge in [-0.2, -0.15) is 10.1 Å².